The fourth-order valence-electron chi connectivity index (χ4n) is 1.54. The smallest absolute Gasteiger partial charge is 0.282 e. The zero-order valence-corrected chi connectivity index (χ0v) is 11.2. The van der Waals surface area contributed by atoms with Crippen LogP contribution in [0.1, 0.15) is 16.8 Å². The van der Waals surface area contributed by atoms with Gasteiger partial charge in [-0.25, -0.2) is 0 Å². The van der Waals surface area contributed by atoms with E-state index < -0.39 is 10.8 Å². The van der Waals surface area contributed by atoms with Gasteiger partial charge in [-0.1, -0.05) is 0 Å². The van der Waals surface area contributed by atoms with Crippen LogP contribution >= 0.6 is 0 Å². The number of carbonyl (C=O) groups excluding carboxylic acids is 2. The number of nitro groups is 1. The summed E-state index contributed by atoms with van der Waals surface area (Å²) in [5.74, 6) is -0.804. The number of nitrogens with one attached hydrogen (secondary N) is 3. The molecule has 108 valence electrons. The first-order valence-electron chi connectivity index (χ1n) is 5.94. The molecule has 1 aromatic rings. The number of hydrogen-bond acceptors (Lipinski definition) is 5. The average molecular weight is 280 g/mol. The van der Waals surface area contributed by atoms with Gasteiger partial charge in [0.2, 0.25) is 5.91 Å². The van der Waals surface area contributed by atoms with Gasteiger partial charge < -0.3 is 16.0 Å². The van der Waals surface area contributed by atoms with Crippen LogP contribution in [0.4, 0.5) is 11.4 Å². The van der Waals surface area contributed by atoms with Crippen molar-refractivity contribution in [3.8, 4) is 0 Å². The van der Waals surface area contributed by atoms with Crippen molar-refractivity contribution in [2.24, 2.45) is 0 Å². The predicted molar refractivity (Wildman–Crippen MR) is 73.7 cm³/mol. The topological polar surface area (TPSA) is 113 Å². The van der Waals surface area contributed by atoms with Crippen molar-refractivity contribution in [1.29, 1.82) is 0 Å². The Morgan fingerprint density at radius 3 is 2.55 bits per heavy atom. The lowest BCUT2D eigenvalue weighted by atomic mass is 10.1. The van der Waals surface area contributed by atoms with Crippen molar-refractivity contribution in [1.82, 2.24) is 10.6 Å². The summed E-state index contributed by atoms with van der Waals surface area (Å²) in [4.78, 5) is 33.2. The maximum absolute atomic E-state index is 11.9. The second-order valence-corrected chi connectivity index (χ2v) is 3.92. The number of nitro benzene ring substituents is 1. The van der Waals surface area contributed by atoms with Gasteiger partial charge in [0.05, 0.1) is 4.92 Å². The van der Waals surface area contributed by atoms with Crippen LogP contribution in [0.2, 0.25) is 0 Å². The molecule has 20 heavy (non-hydrogen) atoms. The number of hydrogen-bond donors (Lipinski definition) is 3. The lowest BCUT2D eigenvalue weighted by molar-refractivity contribution is -0.385. The van der Waals surface area contributed by atoms with Gasteiger partial charge in [0.15, 0.2) is 0 Å². The fourth-order valence-corrected chi connectivity index (χ4v) is 1.54. The summed E-state index contributed by atoms with van der Waals surface area (Å²) in [7, 11) is 3.14. The number of anilines is 1. The Bertz CT molecular complexity index is 530. The Hall–Kier alpha value is -2.64. The summed E-state index contributed by atoms with van der Waals surface area (Å²) in [6.07, 6.45) is 0.113. The van der Waals surface area contributed by atoms with Gasteiger partial charge in [0.1, 0.15) is 5.56 Å². The molecule has 1 aromatic carbocycles. The number of carbonyl (C=O) groups is 2. The summed E-state index contributed by atoms with van der Waals surface area (Å²) < 4.78 is 0. The normalized spacial score (nSPS) is 9.70. The van der Waals surface area contributed by atoms with Crippen molar-refractivity contribution in [3.05, 3.63) is 33.9 Å². The predicted octanol–water partition coefficient (Wildman–Crippen LogP) is 0.502. The van der Waals surface area contributed by atoms with Gasteiger partial charge in [-0.05, 0) is 12.1 Å². The molecule has 2 amide bonds. The molecule has 8 nitrogen and oxygen atoms in total. The van der Waals surface area contributed by atoms with Crippen LogP contribution in [0, 0.1) is 10.1 Å². The van der Waals surface area contributed by atoms with E-state index in [1.165, 1.54) is 25.2 Å². The van der Waals surface area contributed by atoms with E-state index in [2.05, 4.69) is 16.0 Å². The second kappa shape index (κ2) is 7.07. The molecule has 0 saturated carbocycles. The van der Waals surface area contributed by atoms with E-state index in [1.807, 2.05) is 0 Å². The van der Waals surface area contributed by atoms with Crippen LogP contribution in [-0.4, -0.2) is 37.4 Å². The SMILES string of the molecule is CNC(=O)CCNC(=O)c1cc(NC)ccc1[N+](=O)[O-]. The van der Waals surface area contributed by atoms with E-state index in [1.54, 1.807) is 7.05 Å². The molecule has 0 saturated heterocycles. The Morgan fingerprint density at radius 1 is 1.30 bits per heavy atom. The minimum Gasteiger partial charge on any atom is -0.388 e. The van der Waals surface area contributed by atoms with Gasteiger partial charge in [0, 0.05) is 38.8 Å². The minimum atomic E-state index is -0.618. The molecule has 1 rings (SSSR count). The highest BCUT2D eigenvalue weighted by Gasteiger charge is 2.20. The van der Waals surface area contributed by atoms with Crippen LogP contribution in [0.5, 0.6) is 0 Å². The maximum Gasteiger partial charge on any atom is 0.282 e. The lowest BCUT2D eigenvalue weighted by Gasteiger charge is -2.07. The molecule has 0 aliphatic rings. The van der Waals surface area contributed by atoms with Gasteiger partial charge in [-0.3, -0.25) is 19.7 Å². The molecule has 0 heterocycles. The number of benzene rings is 1. The van der Waals surface area contributed by atoms with Gasteiger partial charge in [-0.15, -0.1) is 0 Å². The summed E-state index contributed by atoms with van der Waals surface area (Å²) in [5, 5.41) is 18.6. The highest BCUT2D eigenvalue weighted by atomic mass is 16.6. The van der Waals surface area contributed by atoms with Crippen molar-refractivity contribution < 1.29 is 14.5 Å². The molecule has 8 heteroatoms. The van der Waals surface area contributed by atoms with E-state index in [9.17, 15) is 19.7 Å². The Morgan fingerprint density at radius 2 is 2.00 bits per heavy atom. The monoisotopic (exact) mass is 280 g/mol. The third kappa shape index (κ3) is 3.94. The van der Waals surface area contributed by atoms with Crippen molar-refractivity contribution in [2.75, 3.05) is 26.0 Å². The molecule has 0 aliphatic carbocycles. The Labute approximate surface area is 115 Å². The summed E-state index contributed by atoms with van der Waals surface area (Å²) in [6, 6.07) is 4.17. The molecule has 0 radical (unpaired) electrons. The quantitative estimate of drug-likeness (QED) is 0.519. The first kappa shape index (κ1) is 15.4. The average Bonchev–Trinajstić information content (AvgIpc) is 2.45. The molecule has 0 bridgehead atoms. The Kier molecular flexibility index (Phi) is 5.45. The van der Waals surface area contributed by atoms with Gasteiger partial charge >= 0.3 is 0 Å². The summed E-state index contributed by atoms with van der Waals surface area (Å²) in [6.45, 7) is 0.111. The molecule has 0 spiro atoms. The van der Waals surface area contributed by atoms with Crippen LogP contribution in [0.3, 0.4) is 0 Å². The molecule has 0 atom stereocenters. The number of nitrogens with zero attached hydrogens (tertiary/aromatic N) is 1. The summed E-state index contributed by atoms with van der Waals surface area (Å²) >= 11 is 0. The largest absolute Gasteiger partial charge is 0.388 e. The zero-order chi connectivity index (χ0) is 15.1. The molecular weight excluding hydrogens is 264 g/mol. The first-order chi connectivity index (χ1) is 9.49. The number of rotatable bonds is 6. The highest BCUT2D eigenvalue weighted by molar-refractivity contribution is 5.99. The molecule has 0 unspecified atom stereocenters. The van der Waals surface area contributed by atoms with Crippen molar-refractivity contribution >= 4 is 23.2 Å². The first-order valence-corrected chi connectivity index (χ1v) is 5.94. The van der Waals surface area contributed by atoms with Gasteiger partial charge in [0.25, 0.3) is 11.6 Å². The van der Waals surface area contributed by atoms with Crippen molar-refractivity contribution in [2.45, 2.75) is 6.42 Å². The zero-order valence-electron chi connectivity index (χ0n) is 11.2. The Balaban J connectivity index is 2.84. The minimum absolute atomic E-state index is 0.0428. The van der Waals surface area contributed by atoms with Crippen LogP contribution < -0.4 is 16.0 Å². The third-order valence-electron chi connectivity index (χ3n) is 2.64. The molecule has 0 aromatic heterocycles. The molecule has 0 aliphatic heterocycles. The van der Waals surface area contributed by atoms with E-state index in [-0.39, 0.29) is 30.1 Å². The van der Waals surface area contributed by atoms with Crippen LogP contribution in [0.25, 0.3) is 0 Å². The molecule has 3 N–H and O–H groups in total. The van der Waals surface area contributed by atoms with E-state index in [0.717, 1.165) is 0 Å². The van der Waals surface area contributed by atoms with E-state index in [0.29, 0.717) is 5.69 Å². The van der Waals surface area contributed by atoms with Crippen LogP contribution in [0.15, 0.2) is 18.2 Å². The van der Waals surface area contributed by atoms with Gasteiger partial charge in [-0.2, -0.15) is 0 Å². The second-order valence-electron chi connectivity index (χ2n) is 3.92. The summed E-state index contributed by atoms with van der Waals surface area (Å²) in [5.41, 5.74) is 0.271. The van der Waals surface area contributed by atoms with Crippen LogP contribution in [-0.2, 0) is 4.79 Å². The maximum atomic E-state index is 11.9. The lowest BCUT2D eigenvalue weighted by Crippen LogP contribution is -2.29. The molecular formula is C12H16N4O4. The standard InChI is InChI=1S/C12H16N4O4/c1-13-8-3-4-10(16(19)20)9(7-8)12(18)15-6-5-11(17)14-2/h3-4,7,13H,5-6H2,1-2H3,(H,14,17)(H,15,18). The third-order valence-corrected chi connectivity index (χ3v) is 2.64. The highest BCUT2D eigenvalue weighted by Crippen LogP contribution is 2.22. The number of amides is 2. The van der Waals surface area contributed by atoms with E-state index in [4.69, 9.17) is 0 Å². The fraction of sp³-hybridized carbons (Fsp3) is 0.333. The van der Waals surface area contributed by atoms with Crippen molar-refractivity contribution in [3.63, 3.8) is 0 Å². The van der Waals surface area contributed by atoms with E-state index >= 15 is 0 Å². The molecule has 0 fully saturated rings.